The van der Waals surface area contributed by atoms with Crippen LogP contribution < -0.4 is 11.3 Å². The van der Waals surface area contributed by atoms with Gasteiger partial charge < -0.3 is 0 Å². The number of halogens is 2. The molecule has 0 spiro atoms. The van der Waals surface area contributed by atoms with Crippen LogP contribution in [0.5, 0.6) is 0 Å². The molecule has 1 saturated heterocycles. The lowest BCUT2D eigenvalue weighted by Crippen LogP contribution is -2.46. The van der Waals surface area contributed by atoms with E-state index in [1.807, 2.05) is 35.7 Å². The minimum atomic E-state index is -0.224. The topological polar surface area (TPSA) is 38.0 Å². The number of benzene rings is 1. The van der Waals surface area contributed by atoms with E-state index in [9.17, 15) is 4.39 Å². The predicted molar refractivity (Wildman–Crippen MR) is 82.5 cm³/mol. The first kappa shape index (κ1) is 14.7. The van der Waals surface area contributed by atoms with E-state index in [0.29, 0.717) is 9.72 Å². The maximum absolute atomic E-state index is 13.2. The van der Waals surface area contributed by atoms with Gasteiger partial charge in [0, 0.05) is 28.6 Å². The van der Waals surface area contributed by atoms with Gasteiger partial charge in [0.1, 0.15) is 5.82 Å². The third-order valence-corrected chi connectivity index (χ3v) is 6.47. The van der Waals surface area contributed by atoms with Crippen molar-refractivity contribution in [3.05, 3.63) is 34.1 Å². The van der Waals surface area contributed by atoms with Crippen LogP contribution in [-0.2, 0) is 6.42 Å². The summed E-state index contributed by atoms with van der Waals surface area (Å²) in [7, 11) is 0. The summed E-state index contributed by atoms with van der Waals surface area (Å²) in [6.07, 6.45) is 0.827. The van der Waals surface area contributed by atoms with E-state index in [-0.39, 0.29) is 11.9 Å². The number of thioether (sulfide) groups is 2. The molecule has 1 aromatic carbocycles. The van der Waals surface area contributed by atoms with Crippen LogP contribution in [-0.4, -0.2) is 28.6 Å². The molecule has 0 bridgehead atoms. The highest BCUT2D eigenvalue weighted by atomic mass is 79.9. The van der Waals surface area contributed by atoms with Gasteiger partial charge in [-0.2, -0.15) is 23.5 Å². The Kier molecular flexibility index (Phi) is 5.82. The Labute approximate surface area is 124 Å². The molecule has 6 heteroatoms. The molecule has 2 unspecified atom stereocenters. The zero-order chi connectivity index (χ0) is 13.0. The van der Waals surface area contributed by atoms with Gasteiger partial charge in [0.05, 0.1) is 4.47 Å². The number of rotatable bonds is 4. The summed E-state index contributed by atoms with van der Waals surface area (Å²) in [6.45, 7) is 0. The van der Waals surface area contributed by atoms with Crippen molar-refractivity contribution < 1.29 is 4.39 Å². The molecule has 2 rings (SSSR count). The van der Waals surface area contributed by atoms with Crippen molar-refractivity contribution in [1.82, 2.24) is 5.43 Å². The second-order valence-electron chi connectivity index (χ2n) is 4.21. The van der Waals surface area contributed by atoms with Gasteiger partial charge in [0.2, 0.25) is 0 Å². The normalized spacial score (nSPS) is 21.8. The van der Waals surface area contributed by atoms with Gasteiger partial charge in [-0.25, -0.2) is 4.39 Å². The van der Waals surface area contributed by atoms with E-state index < -0.39 is 0 Å². The Bertz CT molecular complexity index is 400. The molecule has 1 fully saturated rings. The van der Waals surface area contributed by atoms with Crippen molar-refractivity contribution in [3.8, 4) is 0 Å². The zero-order valence-electron chi connectivity index (χ0n) is 9.86. The Morgan fingerprint density at radius 2 is 2.33 bits per heavy atom. The van der Waals surface area contributed by atoms with Crippen LogP contribution in [0.15, 0.2) is 22.7 Å². The van der Waals surface area contributed by atoms with Crippen LogP contribution in [0.4, 0.5) is 4.39 Å². The quantitative estimate of drug-likeness (QED) is 0.646. The molecule has 2 nitrogen and oxygen atoms in total. The van der Waals surface area contributed by atoms with Crippen molar-refractivity contribution in [2.75, 3.05) is 17.3 Å². The molecule has 1 aliphatic rings. The van der Waals surface area contributed by atoms with Crippen LogP contribution in [0.3, 0.4) is 0 Å². The molecule has 1 aliphatic heterocycles. The number of hydrogen-bond donors (Lipinski definition) is 2. The van der Waals surface area contributed by atoms with Crippen molar-refractivity contribution in [1.29, 1.82) is 0 Å². The highest BCUT2D eigenvalue weighted by Crippen LogP contribution is 2.28. The number of hydrogen-bond acceptors (Lipinski definition) is 4. The van der Waals surface area contributed by atoms with Gasteiger partial charge >= 0.3 is 0 Å². The SMILES string of the molecule is NNC(Cc1ccc(F)c(Br)c1)C1CSCCS1. The first-order valence-corrected chi connectivity index (χ1v) is 8.79. The van der Waals surface area contributed by atoms with Crippen LogP contribution >= 0.6 is 39.5 Å². The van der Waals surface area contributed by atoms with Gasteiger partial charge in [-0.05, 0) is 40.0 Å². The maximum Gasteiger partial charge on any atom is 0.137 e. The van der Waals surface area contributed by atoms with E-state index in [1.165, 1.54) is 17.6 Å². The van der Waals surface area contributed by atoms with E-state index in [0.717, 1.165) is 17.7 Å². The standard InChI is InChI=1S/C12H16BrFN2S2/c13-9-5-8(1-2-10(9)14)6-11(16-15)12-7-17-3-4-18-12/h1-2,5,11-12,16H,3-4,6-7,15H2. The predicted octanol–water partition coefficient (Wildman–Crippen LogP) is 2.81. The third-order valence-electron chi connectivity index (χ3n) is 2.94. The number of hydrazine groups is 1. The molecule has 0 aliphatic carbocycles. The lowest BCUT2D eigenvalue weighted by Gasteiger charge is -2.29. The minimum absolute atomic E-state index is 0.224. The molecule has 2 atom stereocenters. The monoisotopic (exact) mass is 350 g/mol. The average Bonchev–Trinajstić information content (AvgIpc) is 2.41. The molecular formula is C12H16BrFN2S2. The van der Waals surface area contributed by atoms with E-state index >= 15 is 0 Å². The number of nitrogens with one attached hydrogen (secondary N) is 1. The van der Waals surface area contributed by atoms with Gasteiger partial charge in [-0.3, -0.25) is 11.3 Å². The third kappa shape index (κ3) is 3.87. The Morgan fingerprint density at radius 3 is 2.94 bits per heavy atom. The van der Waals surface area contributed by atoms with E-state index in [2.05, 4.69) is 21.4 Å². The number of nitrogens with two attached hydrogens (primary N) is 1. The molecule has 1 heterocycles. The van der Waals surface area contributed by atoms with E-state index in [1.54, 1.807) is 0 Å². The minimum Gasteiger partial charge on any atom is -0.271 e. The lowest BCUT2D eigenvalue weighted by atomic mass is 10.0. The summed E-state index contributed by atoms with van der Waals surface area (Å²) in [5, 5.41) is 0.526. The van der Waals surface area contributed by atoms with Crippen LogP contribution in [0.1, 0.15) is 5.56 Å². The maximum atomic E-state index is 13.2. The van der Waals surface area contributed by atoms with Crippen molar-refractivity contribution >= 4 is 39.5 Å². The summed E-state index contributed by atoms with van der Waals surface area (Å²) < 4.78 is 13.7. The molecule has 0 amide bonds. The average molecular weight is 351 g/mol. The van der Waals surface area contributed by atoms with Gasteiger partial charge in [0.15, 0.2) is 0 Å². The largest absolute Gasteiger partial charge is 0.271 e. The molecule has 0 saturated carbocycles. The molecule has 0 radical (unpaired) electrons. The fraction of sp³-hybridized carbons (Fsp3) is 0.500. The Balaban J connectivity index is 2.02. The summed E-state index contributed by atoms with van der Waals surface area (Å²) in [4.78, 5) is 0. The fourth-order valence-electron chi connectivity index (χ4n) is 1.96. The Hall–Kier alpha value is 0.250. The summed E-state index contributed by atoms with van der Waals surface area (Å²) in [6, 6.07) is 5.39. The van der Waals surface area contributed by atoms with Crippen molar-refractivity contribution in [3.63, 3.8) is 0 Å². The summed E-state index contributed by atoms with van der Waals surface area (Å²) in [5.74, 6) is 8.97. The molecule has 1 aromatic rings. The van der Waals surface area contributed by atoms with Crippen molar-refractivity contribution in [2.24, 2.45) is 5.84 Å². The summed E-state index contributed by atoms with van der Waals surface area (Å²) in [5.41, 5.74) is 4.01. The zero-order valence-corrected chi connectivity index (χ0v) is 13.1. The van der Waals surface area contributed by atoms with Gasteiger partial charge in [-0.1, -0.05) is 6.07 Å². The first-order valence-electron chi connectivity index (χ1n) is 5.80. The summed E-state index contributed by atoms with van der Waals surface area (Å²) >= 11 is 7.17. The second-order valence-corrected chi connectivity index (χ2v) is 7.56. The molecule has 18 heavy (non-hydrogen) atoms. The lowest BCUT2D eigenvalue weighted by molar-refractivity contribution is 0.522. The van der Waals surface area contributed by atoms with Crippen LogP contribution in [0, 0.1) is 5.82 Å². The van der Waals surface area contributed by atoms with Gasteiger partial charge in [0.25, 0.3) is 0 Å². The first-order chi connectivity index (χ1) is 8.70. The molecule has 0 aromatic heterocycles. The van der Waals surface area contributed by atoms with E-state index in [4.69, 9.17) is 5.84 Å². The van der Waals surface area contributed by atoms with Crippen LogP contribution in [0.2, 0.25) is 0 Å². The van der Waals surface area contributed by atoms with Crippen molar-refractivity contribution in [2.45, 2.75) is 17.7 Å². The fourth-order valence-corrected chi connectivity index (χ4v) is 5.25. The van der Waals surface area contributed by atoms with Crippen LogP contribution in [0.25, 0.3) is 0 Å². The molecule has 3 N–H and O–H groups in total. The second kappa shape index (κ2) is 7.14. The smallest absolute Gasteiger partial charge is 0.137 e. The highest BCUT2D eigenvalue weighted by Gasteiger charge is 2.24. The highest BCUT2D eigenvalue weighted by molar-refractivity contribution is 9.10. The molecule has 100 valence electrons. The molecular weight excluding hydrogens is 335 g/mol. The Morgan fingerprint density at radius 1 is 1.50 bits per heavy atom. The van der Waals surface area contributed by atoms with Gasteiger partial charge in [-0.15, -0.1) is 0 Å².